The fourth-order valence-corrected chi connectivity index (χ4v) is 6.87. The number of hydrogen-bond acceptors (Lipinski definition) is 4. The molecule has 31 heavy (non-hydrogen) atoms. The zero-order chi connectivity index (χ0) is 23.1. The summed E-state index contributed by atoms with van der Waals surface area (Å²) in [5.74, 6) is -2.81. The van der Waals surface area contributed by atoms with Crippen molar-refractivity contribution in [2.45, 2.75) is 9.79 Å². The lowest BCUT2D eigenvalue weighted by atomic mass is 10.3. The van der Waals surface area contributed by atoms with Gasteiger partial charge in [-0.25, -0.2) is 30.0 Å². The maximum atomic E-state index is 13.6. The second kappa shape index (κ2) is 8.51. The molecule has 3 aromatic carbocycles. The largest absolute Gasteiger partial charge is 0.277 e. The van der Waals surface area contributed by atoms with Gasteiger partial charge in [-0.3, -0.25) is 0 Å². The van der Waals surface area contributed by atoms with Crippen LogP contribution in [0.4, 0.5) is 18.9 Å². The van der Waals surface area contributed by atoms with E-state index in [0.717, 1.165) is 42.5 Å². The molecule has 0 atom stereocenters. The Kier molecular flexibility index (Phi) is 6.50. The van der Waals surface area contributed by atoms with Gasteiger partial charge < -0.3 is 0 Å². The normalized spacial score (nSPS) is 12.1. The Morgan fingerprint density at radius 3 is 1.29 bits per heavy atom. The van der Waals surface area contributed by atoms with Crippen LogP contribution < -0.4 is 3.71 Å². The molecule has 0 bridgehead atoms. The molecular weight excluding hydrogens is 522 g/mol. The van der Waals surface area contributed by atoms with Gasteiger partial charge >= 0.3 is 0 Å². The molecule has 0 radical (unpaired) electrons. The number of hydrogen-bond donors (Lipinski definition) is 0. The third-order valence-corrected chi connectivity index (χ3v) is 8.97. The number of sulfonamides is 2. The number of benzene rings is 3. The minimum atomic E-state index is -4.98. The molecule has 0 heterocycles. The molecule has 0 aliphatic carbocycles. The van der Waals surface area contributed by atoms with Crippen LogP contribution >= 0.6 is 34.8 Å². The van der Waals surface area contributed by atoms with Crippen molar-refractivity contribution in [3.8, 4) is 0 Å². The second-order valence-corrected chi connectivity index (χ2v) is 11.0. The lowest BCUT2D eigenvalue weighted by Crippen LogP contribution is -2.37. The van der Waals surface area contributed by atoms with Crippen molar-refractivity contribution in [2.24, 2.45) is 0 Å². The molecule has 13 heteroatoms. The first-order valence-electron chi connectivity index (χ1n) is 8.01. The molecular formula is C18H9Cl3F3NO4S2. The summed E-state index contributed by atoms with van der Waals surface area (Å²) in [6.45, 7) is 0. The minimum absolute atomic E-state index is 0.0571. The molecule has 0 N–H and O–H groups in total. The van der Waals surface area contributed by atoms with Crippen LogP contribution in [0.3, 0.4) is 0 Å². The van der Waals surface area contributed by atoms with Gasteiger partial charge in [0.2, 0.25) is 0 Å². The van der Waals surface area contributed by atoms with E-state index in [9.17, 15) is 30.0 Å². The van der Waals surface area contributed by atoms with Crippen LogP contribution in [0.25, 0.3) is 0 Å². The number of halogens is 6. The van der Waals surface area contributed by atoms with Gasteiger partial charge in [-0.05, 0) is 54.6 Å². The van der Waals surface area contributed by atoms with Gasteiger partial charge in [0.05, 0.1) is 30.5 Å². The topological polar surface area (TPSA) is 71.5 Å². The summed E-state index contributed by atoms with van der Waals surface area (Å²) in [5.41, 5.74) is -0.563. The summed E-state index contributed by atoms with van der Waals surface area (Å²) in [7, 11) is -9.95. The van der Waals surface area contributed by atoms with Crippen LogP contribution in [0.1, 0.15) is 0 Å². The van der Waals surface area contributed by atoms with Crippen LogP contribution in [0, 0.1) is 17.5 Å². The summed E-state index contributed by atoms with van der Waals surface area (Å²) < 4.78 is 93.8. The fourth-order valence-electron chi connectivity index (χ4n) is 2.47. The molecule has 164 valence electrons. The molecule has 3 aromatic rings. The Hall–Kier alpha value is -1.98. The second-order valence-electron chi connectivity index (χ2n) is 5.96. The minimum Gasteiger partial charge on any atom is -0.205 e. The Labute approximate surface area is 190 Å². The molecule has 0 fully saturated rings. The highest BCUT2D eigenvalue weighted by molar-refractivity contribution is 8.10. The predicted molar refractivity (Wildman–Crippen MR) is 111 cm³/mol. The smallest absolute Gasteiger partial charge is 0.205 e. The van der Waals surface area contributed by atoms with E-state index < -0.39 is 68.0 Å². The van der Waals surface area contributed by atoms with Crippen molar-refractivity contribution in [1.29, 1.82) is 0 Å². The average molecular weight is 531 g/mol. The van der Waals surface area contributed by atoms with E-state index in [2.05, 4.69) is 0 Å². The molecule has 0 aromatic heterocycles. The van der Waals surface area contributed by atoms with Gasteiger partial charge in [-0.2, -0.15) is 3.71 Å². The lowest BCUT2D eigenvalue weighted by molar-refractivity contribution is 0.583. The first-order chi connectivity index (χ1) is 14.4. The Bertz CT molecular complexity index is 1320. The molecule has 5 nitrogen and oxygen atoms in total. The maximum absolute atomic E-state index is 13.6. The Balaban J connectivity index is 2.32. The van der Waals surface area contributed by atoms with E-state index in [1.807, 2.05) is 0 Å². The zero-order valence-electron chi connectivity index (χ0n) is 14.9. The van der Waals surface area contributed by atoms with E-state index in [1.165, 1.54) is 0 Å². The van der Waals surface area contributed by atoms with Gasteiger partial charge in [0.1, 0.15) is 17.5 Å². The summed E-state index contributed by atoms with van der Waals surface area (Å²) in [4.78, 5) is -1.37. The molecule has 0 amide bonds. The van der Waals surface area contributed by atoms with Crippen molar-refractivity contribution in [3.63, 3.8) is 0 Å². The SMILES string of the molecule is O=S(=O)(c1ccc(F)c(Cl)c1)N(c1ccc(F)c(Cl)c1)S(=O)(=O)c1ccc(F)c(Cl)c1. The van der Waals surface area contributed by atoms with E-state index in [0.29, 0.717) is 12.1 Å². The van der Waals surface area contributed by atoms with Crippen molar-refractivity contribution in [2.75, 3.05) is 3.71 Å². The van der Waals surface area contributed by atoms with Gasteiger partial charge in [0.25, 0.3) is 20.0 Å². The third kappa shape index (κ3) is 4.49. The molecule has 0 unspecified atom stereocenters. The van der Waals surface area contributed by atoms with Crippen LogP contribution in [-0.2, 0) is 20.0 Å². The molecule has 0 saturated heterocycles. The van der Waals surface area contributed by atoms with Gasteiger partial charge in [-0.1, -0.05) is 34.8 Å². The van der Waals surface area contributed by atoms with Crippen molar-refractivity contribution < 1.29 is 30.0 Å². The van der Waals surface area contributed by atoms with Crippen molar-refractivity contribution in [3.05, 3.63) is 87.1 Å². The number of anilines is 1. The van der Waals surface area contributed by atoms with Crippen LogP contribution in [0.15, 0.2) is 64.4 Å². The number of rotatable bonds is 5. The summed E-state index contributed by atoms with van der Waals surface area (Å²) >= 11 is 17.0. The molecule has 0 saturated carbocycles. The van der Waals surface area contributed by atoms with E-state index in [-0.39, 0.29) is 3.71 Å². The van der Waals surface area contributed by atoms with Crippen LogP contribution in [0.5, 0.6) is 0 Å². The molecule has 0 aliphatic heterocycles. The molecule has 3 rings (SSSR count). The number of nitrogens with zero attached hydrogens (tertiary/aromatic N) is 1. The highest BCUT2D eigenvalue weighted by Gasteiger charge is 2.38. The standard InChI is InChI=1S/C18H9Cl3F3NO4S2/c19-13-7-10(1-4-16(13)22)25(30(26,27)11-2-5-17(23)14(20)8-11)31(28,29)12-3-6-18(24)15(21)9-12/h1-9H. The monoisotopic (exact) mass is 529 g/mol. The highest BCUT2D eigenvalue weighted by atomic mass is 35.5. The van der Waals surface area contributed by atoms with E-state index >= 15 is 0 Å². The summed E-state index contributed by atoms with van der Waals surface area (Å²) in [6, 6.07) is 6.83. The van der Waals surface area contributed by atoms with E-state index in [4.69, 9.17) is 34.8 Å². The highest BCUT2D eigenvalue weighted by Crippen LogP contribution is 2.34. The van der Waals surface area contributed by atoms with Crippen molar-refractivity contribution >= 4 is 60.5 Å². The molecule has 0 spiro atoms. The zero-order valence-corrected chi connectivity index (χ0v) is 18.8. The van der Waals surface area contributed by atoms with Gasteiger partial charge in [0, 0.05) is 0 Å². The lowest BCUT2D eigenvalue weighted by Gasteiger charge is -2.24. The van der Waals surface area contributed by atoms with Crippen LogP contribution in [-0.4, -0.2) is 16.8 Å². The quantitative estimate of drug-likeness (QED) is 0.427. The van der Waals surface area contributed by atoms with Crippen LogP contribution in [0.2, 0.25) is 15.1 Å². The van der Waals surface area contributed by atoms with E-state index in [1.54, 1.807) is 0 Å². The van der Waals surface area contributed by atoms with Gasteiger partial charge in [-0.15, -0.1) is 0 Å². The maximum Gasteiger partial charge on any atom is 0.277 e. The average Bonchev–Trinajstić information content (AvgIpc) is 2.68. The first kappa shape index (κ1) is 23.7. The van der Waals surface area contributed by atoms with Crippen molar-refractivity contribution in [1.82, 2.24) is 0 Å². The molecule has 0 aliphatic rings. The predicted octanol–water partition coefficient (Wildman–Crippen LogP) is 5.65. The Morgan fingerprint density at radius 2 is 0.935 bits per heavy atom. The Morgan fingerprint density at radius 1 is 0.581 bits per heavy atom. The summed E-state index contributed by atoms with van der Waals surface area (Å²) in [5, 5.41) is -1.73. The third-order valence-electron chi connectivity index (χ3n) is 3.93. The first-order valence-corrected chi connectivity index (χ1v) is 12.0. The fraction of sp³-hybridized carbons (Fsp3) is 0. The van der Waals surface area contributed by atoms with Gasteiger partial charge in [0.15, 0.2) is 0 Å². The summed E-state index contributed by atoms with van der Waals surface area (Å²) in [6.07, 6.45) is 0.